The molecule has 2 fully saturated rings. The molecule has 0 bridgehead atoms. The Morgan fingerprint density at radius 1 is 1.35 bits per heavy atom. The minimum absolute atomic E-state index is 0.0765. The van der Waals surface area contributed by atoms with Gasteiger partial charge in [0.2, 0.25) is 11.8 Å². The summed E-state index contributed by atoms with van der Waals surface area (Å²) in [4.78, 5) is 26.7. The highest BCUT2D eigenvalue weighted by Crippen LogP contribution is 2.47. The SMILES string of the molecule is CC12CCC(=O)N1C(C(=O)NC(CN)c1ccc3ccccc3c1)CS2. The molecule has 2 aliphatic heterocycles. The molecule has 0 saturated carbocycles. The number of hydrogen-bond donors (Lipinski definition) is 2. The number of carbonyl (C=O) groups excluding carboxylic acids is 2. The quantitative estimate of drug-likeness (QED) is 0.868. The first-order valence-corrected chi connectivity index (χ1v) is 9.96. The molecule has 6 heteroatoms. The Bertz CT molecular complexity index is 871. The summed E-state index contributed by atoms with van der Waals surface area (Å²) in [6, 6.07) is 13.6. The Morgan fingerprint density at radius 3 is 2.88 bits per heavy atom. The van der Waals surface area contributed by atoms with Crippen LogP contribution in [0.25, 0.3) is 10.8 Å². The molecule has 0 aromatic heterocycles. The number of nitrogens with one attached hydrogen (secondary N) is 1. The monoisotopic (exact) mass is 369 g/mol. The van der Waals surface area contributed by atoms with Crippen LogP contribution in [0.15, 0.2) is 42.5 Å². The second-order valence-corrected chi connectivity index (χ2v) is 8.67. The number of nitrogens with zero attached hydrogens (tertiary/aromatic N) is 1. The van der Waals surface area contributed by atoms with E-state index in [1.54, 1.807) is 16.7 Å². The maximum absolute atomic E-state index is 12.9. The minimum atomic E-state index is -0.408. The van der Waals surface area contributed by atoms with Gasteiger partial charge in [-0.2, -0.15) is 0 Å². The van der Waals surface area contributed by atoms with Gasteiger partial charge in [0.05, 0.1) is 10.9 Å². The van der Waals surface area contributed by atoms with Crippen molar-refractivity contribution in [2.75, 3.05) is 12.3 Å². The fraction of sp³-hybridized carbons (Fsp3) is 0.400. The predicted molar refractivity (Wildman–Crippen MR) is 105 cm³/mol. The second kappa shape index (κ2) is 6.59. The molecule has 2 aliphatic rings. The first kappa shape index (κ1) is 17.4. The summed E-state index contributed by atoms with van der Waals surface area (Å²) < 4.78 is 0. The van der Waals surface area contributed by atoms with Gasteiger partial charge in [0, 0.05) is 18.7 Å². The van der Waals surface area contributed by atoms with Crippen molar-refractivity contribution in [1.29, 1.82) is 0 Å². The van der Waals surface area contributed by atoms with Crippen LogP contribution in [-0.4, -0.2) is 39.9 Å². The molecule has 0 radical (unpaired) electrons. The maximum atomic E-state index is 12.9. The largest absolute Gasteiger partial charge is 0.346 e. The van der Waals surface area contributed by atoms with E-state index in [4.69, 9.17) is 5.73 Å². The van der Waals surface area contributed by atoms with Crippen molar-refractivity contribution < 1.29 is 9.59 Å². The molecule has 3 unspecified atom stereocenters. The zero-order chi connectivity index (χ0) is 18.3. The van der Waals surface area contributed by atoms with Crippen LogP contribution < -0.4 is 11.1 Å². The maximum Gasteiger partial charge on any atom is 0.244 e. The summed E-state index contributed by atoms with van der Waals surface area (Å²) in [6.07, 6.45) is 1.34. The summed E-state index contributed by atoms with van der Waals surface area (Å²) in [5, 5.41) is 5.35. The van der Waals surface area contributed by atoms with Crippen LogP contribution in [0.2, 0.25) is 0 Å². The summed E-state index contributed by atoms with van der Waals surface area (Å²) in [7, 11) is 0. The van der Waals surface area contributed by atoms with Crippen molar-refractivity contribution >= 4 is 34.3 Å². The molecule has 136 valence electrons. The smallest absolute Gasteiger partial charge is 0.244 e. The Balaban J connectivity index is 1.54. The van der Waals surface area contributed by atoms with E-state index >= 15 is 0 Å². The number of carbonyl (C=O) groups is 2. The van der Waals surface area contributed by atoms with Crippen molar-refractivity contribution in [2.24, 2.45) is 5.73 Å². The molecule has 2 heterocycles. The van der Waals surface area contributed by atoms with Gasteiger partial charge in [0.25, 0.3) is 0 Å². The molecular formula is C20H23N3O2S. The molecule has 0 aliphatic carbocycles. The van der Waals surface area contributed by atoms with Gasteiger partial charge in [0.15, 0.2) is 0 Å². The molecule has 2 saturated heterocycles. The first-order valence-electron chi connectivity index (χ1n) is 8.97. The Morgan fingerprint density at radius 2 is 2.12 bits per heavy atom. The van der Waals surface area contributed by atoms with Crippen molar-refractivity contribution in [3.8, 4) is 0 Å². The van der Waals surface area contributed by atoms with Crippen molar-refractivity contribution in [1.82, 2.24) is 10.2 Å². The highest BCUT2D eigenvalue weighted by atomic mass is 32.2. The third kappa shape index (κ3) is 2.87. The van der Waals surface area contributed by atoms with E-state index in [1.807, 2.05) is 24.3 Å². The number of amides is 2. The second-order valence-electron chi connectivity index (χ2n) is 7.17. The Hall–Kier alpha value is -2.05. The van der Waals surface area contributed by atoms with Gasteiger partial charge < -0.3 is 16.0 Å². The summed E-state index contributed by atoms with van der Waals surface area (Å²) in [5.74, 6) is 0.607. The number of benzene rings is 2. The predicted octanol–water partition coefficient (Wildman–Crippen LogP) is 2.41. The lowest BCUT2D eigenvalue weighted by molar-refractivity contribution is -0.138. The minimum Gasteiger partial charge on any atom is -0.346 e. The fourth-order valence-electron chi connectivity index (χ4n) is 3.99. The summed E-state index contributed by atoms with van der Waals surface area (Å²) >= 11 is 1.70. The summed E-state index contributed by atoms with van der Waals surface area (Å²) in [6.45, 7) is 2.37. The van der Waals surface area contributed by atoms with Gasteiger partial charge in [-0.25, -0.2) is 0 Å². The highest BCUT2D eigenvalue weighted by Gasteiger charge is 2.53. The molecule has 5 nitrogen and oxygen atoms in total. The van der Waals surface area contributed by atoms with E-state index in [0.717, 1.165) is 22.8 Å². The average molecular weight is 369 g/mol. The molecule has 3 atom stereocenters. The molecule has 2 aromatic rings. The first-order chi connectivity index (χ1) is 12.5. The van der Waals surface area contributed by atoms with Gasteiger partial charge in [0.1, 0.15) is 6.04 Å². The normalized spacial score (nSPS) is 26.2. The van der Waals surface area contributed by atoms with E-state index in [0.29, 0.717) is 18.7 Å². The van der Waals surface area contributed by atoms with Crippen molar-refractivity contribution in [3.05, 3.63) is 48.0 Å². The number of hydrogen-bond acceptors (Lipinski definition) is 4. The van der Waals surface area contributed by atoms with Gasteiger partial charge in [-0.3, -0.25) is 9.59 Å². The molecule has 3 N–H and O–H groups in total. The van der Waals surface area contributed by atoms with E-state index < -0.39 is 6.04 Å². The molecular weight excluding hydrogens is 346 g/mol. The van der Waals surface area contributed by atoms with E-state index in [1.165, 1.54) is 0 Å². The molecule has 2 aromatic carbocycles. The van der Waals surface area contributed by atoms with Crippen LogP contribution in [0.4, 0.5) is 0 Å². The van der Waals surface area contributed by atoms with Gasteiger partial charge >= 0.3 is 0 Å². The Kier molecular flexibility index (Phi) is 4.40. The van der Waals surface area contributed by atoms with Crippen LogP contribution in [0.1, 0.15) is 31.4 Å². The topological polar surface area (TPSA) is 75.4 Å². The number of rotatable bonds is 4. The lowest BCUT2D eigenvalue weighted by Gasteiger charge is -2.30. The third-order valence-electron chi connectivity index (χ3n) is 5.48. The zero-order valence-electron chi connectivity index (χ0n) is 14.8. The van der Waals surface area contributed by atoms with E-state index in [-0.39, 0.29) is 22.7 Å². The van der Waals surface area contributed by atoms with E-state index in [2.05, 4.69) is 30.4 Å². The number of fused-ring (bicyclic) bond motifs is 2. The number of nitrogens with two attached hydrogens (primary N) is 1. The average Bonchev–Trinajstić information content (AvgIpc) is 3.15. The molecule has 2 amide bonds. The van der Waals surface area contributed by atoms with Gasteiger partial charge in [-0.1, -0.05) is 36.4 Å². The van der Waals surface area contributed by atoms with Crippen LogP contribution >= 0.6 is 11.8 Å². The van der Waals surface area contributed by atoms with Crippen molar-refractivity contribution in [2.45, 2.75) is 36.7 Å². The lowest BCUT2D eigenvalue weighted by Crippen LogP contribution is -2.51. The highest BCUT2D eigenvalue weighted by molar-refractivity contribution is 8.01. The molecule has 0 spiro atoms. The van der Waals surface area contributed by atoms with Crippen LogP contribution in [0, 0.1) is 0 Å². The standard InChI is InChI=1S/C20H23N3O2S/c1-20-9-8-18(24)23(20)17(12-26-20)19(25)22-16(11-21)15-7-6-13-4-2-3-5-14(13)10-15/h2-7,10,16-17H,8-9,11-12,21H2,1H3,(H,22,25). The summed E-state index contributed by atoms with van der Waals surface area (Å²) in [5.41, 5.74) is 6.94. The van der Waals surface area contributed by atoms with Crippen LogP contribution in [0.5, 0.6) is 0 Å². The zero-order valence-corrected chi connectivity index (χ0v) is 15.6. The fourth-order valence-corrected chi connectivity index (χ4v) is 5.42. The van der Waals surface area contributed by atoms with Gasteiger partial charge in [-0.05, 0) is 35.7 Å². The Labute approximate surface area is 157 Å². The lowest BCUT2D eigenvalue weighted by atomic mass is 10.0. The van der Waals surface area contributed by atoms with Crippen LogP contribution in [0.3, 0.4) is 0 Å². The van der Waals surface area contributed by atoms with Gasteiger partial charge in [-0.15, -0.1) is 11.8 Å². The van der Waals surface area contributed by atoms with Crippen molar-refractivity contribution in [3.63, 3.8) is 0 Å². The van der Waals surface area contributed by atoms with Crippen LogP contribution in [-0.2, 0) is 9.59 Å². The third-order valence-corrected chi connectivity index (χ3v) is 6.98. The van der Waals surface area contributed by atoms with E-state index in [9.17, 15) is 9.59 Å². The molecule has 4 rings (SSSR count). The molecule has 26 heavy (non-hydrogen) atoms. The number of thioether (sulfide) groups is 1.